The minimum atomic E-state index is -2.86. The lowest BCUT2D eigenvalue weighted by molar-refractivity contribution is 0.233. The number of nitrogens with one attached hydrogen (secondary N) is 3. The molecular formula is C12H23N3O3S. The molecule has 2 heterocycles. The summed E-state index contributed by atoms with van der Waals surface area (Å²) in [5.41, 5.74) is 0. The molecule has 2 aliphatic heterocycles. The van der Waals surface area contributed by atoms with E-state index < -0.39 is 9.84 Å². The van der Waals surface area contributed by atoms with Crippen LogP contribution in [0, 0.1) is 0 Å². The molecule has 2 amide bonds. The van der Waals surface area contributed by atoms with Crippen LogP contribution in [0.3, 0.4) is 0 Å². The van der Waals surface area contributed by atoms with Crippen LogP contribution >= 0.6 is 0 Å². The smallest absolute Gasteiger partial charge is 0.315 e. The number of sulfone groups is 1. The number of hydrogen-bond donors (Lipinski definition) is 3. The van der Waals surface area contributed by atoms with Crippen molar-refractivity contribution in [2.24, 2.45) is 0 Å². The Kier molecular flexibility index (Phi) is 5.04. The van der Waals surface area contributed by atoms with E-state index in [1.165, 1.54) is 12.8 Å². The highest BCUT2D eigenvalue weighted by molar-refractivity contribution is 7.91. The van der Waals surface area contributed by atoms with Crippen molar-refractivity contribution in [3.8, 4) is 0 Å². The Morgan fingerprint density at radius 1 is 1.16 bits per heavy atom. The Hall–Kier alpha value is -0.820. The third-order valence-corrected chi connectivity index (χ3v) is 5.53. The third-order valence-electron chi connectivity index (χ3n) is 3.81. The second-order valence-electron chi connectivity index (χ2n) is 5.43. The highest BCUT2D eigenvalue weighted by Crippen LogP contribution is 2.12. The lowest BCUT2D eigenvalue weighted by atomic mass is 10.1. The van der Waals surface area contributed by atoms with Gasteiger partial charge in [-0.25, -0.2) is 13.2 Å². The van der Waals surface area contributed by atoms with E-state index in [9.17, 15) is 13.2 Å². The fraction of sp³-hybridized carbons (Fsp3) is 0.917. The van der Waals surface area contributed by atoms with Gasteiger partial charge in [0.2, 0.25) is 0 Å². The summed E-state index contributed by atoms with van der Waals surface area (Å²) in [6, 6.07) is 0.172. The fourth-order valence-corrected chi connectivity index (χ4v) is 4.08. The summed E-state index contributed by atoms with van der Waals surface area (Å²) in [6.45, 7) is 1.66. The van der Waals surface area contributed by atoms with Crippen molar-refractivity contribution in [3.63, 3.8) is 0 Å². The lowest BCUT2D eigenvalue weighted by Crippen LogP contribution is -2.49. The standard InChI is InChI=1S/C12H23N3O3S/c16-12(14-9-11-3-1-2-6-13-11)15-10-4-7-19(17,18)8-5-10/h10-11,13H,1-9H2,(H2,14,15,16). The predicted octanol–water partition coefficient (Wildman–Crippen LogP) is 0.00490. The van der Waals surface area contributed by atoms with Crippen molar-refractivity contribution in [2.45, 2.75) is 44.2 Å². The van der Waals surface area contributed by atoms with Gasteiger partial charge in [-0.15, -0.1) is 0 Å². The average Bonchev–Trinajstić information content (AvgIpc) is 2.40. The van der Waals surface area contributed by atoms with Gasteiger partial charge in [0.05, 0.1) is 11.5 Å². The van der Waals surface area contributed by atoms with E-state index in [2.05, 4.69) is 16.0 Å². The molecule has 2 rings (SSSR count). The van der Waals surface area contributed by atoms with Crippen LogP contribution in [-0.2, 0) is 9.84 Å². The molecule has 0 aromatic heterocycles. The van der Waals surface area contributed by atoms with Crippen molar-refractivity contribution < 1.29 is 13.2 Å². The van der Waals surface area contributed by atoms with Crippen molar-refractivity contribution >= 4 is 15.9 Å². The van der Waals surface area contributed by atoms with E-state index in [4.69, 9.17) is 0 Å². The Morgan fingerprint density at radius 3 is 2.53 bits per heavy atom. The van der Waals surface area contributed by atoms with Gasteiger partial charge in [0.15, 0.2) is 0 Å². The van der Waals surface area contributed by atoms with Gasteiger partial charge >= 0.3 is 6.03 Å². The lowest BCUT2D eigenvalue weighted by Gasteiger charge is -2.26. The molecule has 0 aliphatic carbocycles. The normalized spacial score (nSPS) is 27.7. The Bertz CT molecular complexity index is 390. The zero-order chi connectivity index (χ0) is 13.7. The van der Waals surface area contributed by atoms with Gasteiger partial charge in [-0.2, -0.15) is 0 Å². The summed E-state index contributed by atoms with van der Waals surface area (Å²) < 4.78 is 22.6. The largest absolute Gasteiger partial charge is 0.337 e. The molecule has 3 N–H and O–H groups in total. The molecule has 110 valence electrons. The number of amides is 2. The summed E-state index contributed by atoms with van der Waals surface area (Å²) in [4.78, 5) is 11.7. The number of rotatable bonds is 3. The van der Waals surface area contributed by atoms with E-state index in [1.807, 2.05) is 0 Å². The minimum absolute atomic E-state index is 0.0113. The zero-order valence-corrected chi connectivity index (χ0v) is 12.0. The molecule has 0 spiro atoms. The Balaban J connectivity index is 1.64. The van der Waals surface area contributed by atoms with Crippen molar-refractivity contribution in [2.75, 3.05) is 24.6 Å². The SMILES string of the molecule is O=C(NCC1CCCCN1)NC1CCS(=O)(=O)CC1. The van der Waals surface area contributed by atoms with Gasteiger partial charge < -0.3 is 16.0 Å². The van der Waals surface area contributed by atoms with Gasteiger partial charge in [0, 0.05) is 18.6 Å². The van der Waals surface area contributed by atoms with Gasteiger partial charge in [0.25, 0.3) is 0 Å². The quantitative estimate of drug-likeness (QED) is 0.683. The summed E-state index contributed by atoms with van der Waals surface area (Å²) >= 11 is 0. The number of carbonyl (C=O) groups excluding carboxylic acids is 1. The van der Waals surface area contributed by atoms with E-state index in [0.717, 1.165) is 13.0 Å². The molecule has 7 heteroatoms. The van der Waals surface area contributed by atoms with Crippen LogP contribution in [0.5, 0.6) is 0 Å². The summed E-state index contributed by atoms with van der Waals surface area (Å²) in [5.74, 6) is 0.365. The summed E-state index contributed by atoms with van der Waals surface area (Å²) in [5, 5.41) is 9.08. The Labute approximate surface area is 114 Å². The highest BCUT2D eigenvalue weighted by Gasteiger charge is 2.24. The van der Waals surface area contributed by atoms with Gasteiger partial charge in [-0.05, 0) is 32.2 Å². The van der Waals surface area contributed by atoms with E-state index in [-0.39, 0.29) is 23.6 Å². The second-order valence-corrected chi connectivity index (χ2v) is 7.73. The van der Waals surface area contributed by atoms with Crippen LogP contribution in [0.1, 0.15) is 32.1 Å². The molecule has 0 aromatic rings. The third kappa shape index (κ3) is 4.99. The first-order chi connectivity index (χ1) is 9.05. The topological polar surface area (TPSA) is 87.3 Å². The van der Waals surface area contributed by atoms with Crippen LogP contribution in [0.4, 0.5) is 4.79 Å². The first-order valence-electron chi connectivity index (χ1n) is 7.03. The van der Waals surface area contributed by atoms with Crippen LogP contribution < -0.4 is 16.0 Å². The van der Waals surface area contributed by atoms with Crippen molar-refractivity contribution in [1.29, 1.82) is 0 Å². The molecule has 2 fully saturated rings. The maximum atomic E-state index is 11.7. The maximum absolute atomic E-state index is 11.7. The summed E-state index contributed by atoms with van der Waals surface area (Å²) in [7, 11) is -2.86. The molecule has 0 radical (unpaired) electrons. The number of piperidine rings is 1. The molecule has 6 nitrogen and oxygen atoms in total. The maximum Gasteiger partial charge on any atom is 0.315 e. The Morgan fingerprint density at radius 2 is 1.89 bits per heavy atom. The van der Waals surface area contributed by atoms with E-state index in [0.29, 0.717) is 25.4 Å². The first kappa shape index (κ1) is 14.6. The van der Waals surface area contributed by atoms with Crippen LogP contribution in [0.25, 0.3) is 0 Å². The number of urea groups is 1. The first-order valence-corrected chi connectivity index (χ1v) is 8.85. The van der Waals surface area contributed by atoms with Crippen molar-refractivity contribution in [1.82, 2.24) is 16.0 Å². The molecular weight excluding hydrogens is 266 g/mol. The van der Waals surface area contributed by atoms with Crippen LogP contribution in [-0.4, -0.2) is 51.1 Å². The fourth-order valence-electron chi connectivity index (χ4n) is 2.58. The molecule has 2 saturated heterocycles. The zero-order valence-electron chi connectivity index (χ0n) is 11.2. The minimum Gasteiger partial charge on any atom is -0.337 e. The summed E-state index contributed by atoms with van der Waals surface area (Å²) in [6.07, 6.45) is 4.57. The molecule has 0 saturated carbocycles. The monoisotopic (exact) mass is 289 g/mol. The number of carbonyl (C=O) groups is 1. The molecule has 19 heavy (non-hydrogen) atoms. The highest BCUT2D eigenvalue weighted by atomic mass is 32.2. The molecule has 1 atom stereocenters. The average molecular weight is 289 g/mol. The van der Waals surface area contributed by atoms with Crippen molar-refractivity contribution in [3.05, 3.63) is 0 Å². The van der Waals surface area contributed by atoms with Crippen LogP contribution in [0.15, 0.2) is 0 Å². The van der Waals surface area contributed by atoms with E-state index >= 15 is 0 Å². The second kappa shape index (κ2) is 6.56. The van der Waals surface area contributed by atoms with Gasteiger partial charge in [-0.1, -0.05) is 6.42 Å². The molecule has 2 aliphatic rings. The molecule has 1 unspecified atom stereocenters. The van der Waals surface area contributed by atoms with Crippen LogP contribution in [0.2, 0.25) is 0 Å². The predicted molar refractivity (Wildman–Crippen MR) is 73.9 cm³/mol. The van der Waals surface area contributed by atoms with Gasteiger partial charge in [0.1, 0.15) is 9.84 Å². The van der Waals surface area contributed by atoms with E-state index in [1.54, 1.807) is 0 Å². The molecule has 0 aromatic carbocycles. The number of hydrogen-bond acceptors (Lipinski definition) is 4. The molecule has 0 bridgehead atoms. The van der Waals surface area contributed by atoms with Gasteiger partial charge in [-0.3, -0.25) is 0 Å².